The van der Waals surface area contributed by atoms with E-state index in [1.807, 2.05) is 12.1 Å². The SMILES string of the molecule is O=C(NCCc1cccnc1)C1CCC2CN1C(=O)N2OS(=O)(=O)O. The molecule has 1 aromatic heterocycles. The van der Waals surface area contributed by atoms with E-state index in [1.165, 1.54) is 4.90 Å². The average molecular weight is 370 g/mol. The number of aromatic nitrogens is 1. The number of hydrogen-bond donors (Lipinski definition) is 2. The minimum Gasteiger partial charge on any atom is -0.354 e. The van der Waals surface area contributed by atoms with Crippen molar-refractivity contribution in [3.63, 3.8) is 0 Å². The highest BCUT2D eigenvalue weighted by Crippen LogP contribution is 2.30. The monoisotopic (exact) mass is 370 g/mol. The van der Waals surface area contributed by atoms with Crippen LogP contribution >= 0.6 is 0 Å². The van der Waals surface area contributed by atoms with Gasteiger partial charge in [0.1, 0.15) is 6.04 Å². The largest absolute Gasteiger partial charge is 0.418 e. The fourth-order valence-corrected chi connectivity index (χ4v) is 3.49. The molecule has 2 unspecified atom stereocenters. The van der Waals surface area contributed by atoms with Crippen molar-refractivity contribution in [2.75, 3.05) is 13.1 Å². The number of amides is 3. The van der Waals surface area contributed by atoms with Gasteiger partial charge < -0.3 is 10.2 Å². The topological polar surface area (TPSA) is 129 Å². The normalized spacial score (nSPS) is 23.0. The fraction of sp³-hybridized carbons (Fsp3) is 0.500. The van der Waals surface area contributed by atoms with Crippen molar-refractivity contribution in [2.24, 2.45) is 0 Å². The Morgan fingerprint density at radius 1 is 1.44 bits per heavy atom. The van der Waals surface area contributed by atoms with Crippen LogP contribution in [0, 0.1) is 0 Å². The molecule has 3 rings (SSSR count). The van der Waals surface area contributed by atoms with E-state index in [-0.39, 0.29) is 12.5 Å². The Morgan fingerprint density at radius 3 is 2.92 bits per heavy atom. The van der Waals surface area contributed by atoms with Gasteiger partial charge in [-0.05, 0) is 30.9 Å². The first-order valence-electron chi connectivity index (χ1n) is 7.78. The van der Waals surface area contributed by atoms with Crippen molar-refractivity contribution in [3.8, 4) is 0 Å². The number of hydroxylamine groups is 2. The van der Waals surface area contributed by atoms with E-state index in [1.54, 1.807) is 12.4 Å². The molecule has 2 N–H and O–H groups in total. The predicted octanol–water partition coefficient (Wildman–Crippen LogP) is -0.257. The summed E-state index contributed by atoms with van der Waals surface area (Å²) in [6, 6.07) is 1.78. The summed E-state index contributed by atoms with van der Waals surface area (Å²) in [4.78, 5) is 29.9. The molecule has 1 aromatic rings. The van der Waals surface area contributed by atoms with Crippen LogP contribution in [0.2, 0.25) is 0 Å². The molecule has 11 heteroatoms. The summed E-state index contributed by atoms with van der Waals surface area (Å²) in [5.41, 5.74) is 0.983. The van der Waals surface area contributed by atoms with Crippen LogP contribution in [0.4, 0.5) is 4.79 Å². The number of nitrogens with zero attached hydrogens (tertiary/aromatic N) is 3. The number of rotatable bonds is 6. The van der Waals surface area contributed by atoms with Crippen LogP contribution in [0.25, 0.3) is 0 Å². The first kappa shape index (κ1) is 17.6. The zero-order valence-electron chi connectivity index (χ0n) is 13.2. The van der Waals surface area contributed by atoms with Crippen LogP contribution in [0.15, 0.2) is 24.5 Å². The maximum atomic E-state index is 12.4. The van der Waals surface area contributed by atoms with Crippen LogP contribution in [0.3, 0.4) is 0 Å². The molecule has 3 heterocycles. The second kappa shape index (κ2) is 6.94. The number of fused-ring (bicyclic) bond motifs is 2. The molecule has 2 saturated heterocycles. The van der Waals surface area contributed by atoms with E-state index in [0.717, 1.165) is 5.56 Å². The van der Waals surface area contributed by atoms with Gasteiger partial charge in [0.15, 0.2) is 0 Å². The molecule has 25 heavy (non-hydrogen) atoms. The van der Waals surface area contributed by atoms with Gasteiger partial charge in [0, 0.05) is 25.5 Å². The lowest BCUT2D eigenvalue weighted by atomic mass is 10.0. The predicted molar refractivity (Wildman–Crippen MR) is 84.3 cm³/mol. The highest BCUT2D eigenvalue weighted by Gasteiger charge is 2.49. The van der Waals surface area contributed by atoms with Crippen LogP contribution in [-0.2, 0) is 25.9 Å². The molecule has 10 nitrogen and oxygen atoms in total. The number of pyridine rings is 1. The summed E-state index contributed by atoms with van der Waals surface area (Å²) in [6.07, 6.45) is 4.78. The van der Waals surface area contributed by atoms with Crippen LogP contribution in [0.1, 0.15) is 18.4 Å². The van der Waals surface area contributed by atoms with E-state index in [2.05, 4.69) is 14.6 Å². The quantitative estimate of drug-likeness (QED) is 0.660. The Morgan fingerprint density at radius 2 is 2.24 bits per heavy atom. The number of urea groups is 1. The van der Waals surface area contributed by atoms with Gasteiger partial charge in [0.2, 0.25) is 5.91 Å². The Balaban J connectivity index is 1.57. The first-order valence-corrected chi connectivity index (χ1v) is 9.15. The second-order valence-corrected chi connectivity index (χ2v) is 6.92. The molecule has 3 amide bonds. The van der Waals surface area contributed by atoms with Crippen molar-refractivity contribution in [2.45, 2.75) is 31.3 Å². The third kappa shape index (κ3) is 4.06. The average Bonchev–Trinajstić information content (AvgIpc) is 2.79. The molecule has 2 aliphatic heterocycles. The summed E-state index contributed by atoms with van der Waals surface area (Å²) in [6.45, 7) is 0.576. The number of piperidine rings is 1. The van der Waals surface area contributed by atoms with Gasteiger partial charge in [-0.3, -0.25) is 14.3 Å². The lowest BCUT2D eigenvalue weighted by molar-refractivity contribution is -0.126. The van der Waals surface area contributed by atoms with Gasteiger partial charge in [0.05, 0.1) is 6.04 Å². The zero-order chi connectivity index (χ0) is 18.0. The van der Waals surface area contributed by atoms with Gasteiger partial charge in [-0.15, -0.1) is 4.28 Å². The van der Waals surface area contributed by atoms with Gasteiger partial charge in [-0.2, -0.15) is 13.5 Å². The van der Waals surface area contributed by atoms with Crippen molar-refractivity contribution in [1.29, 1.82) is 0 Å². The van der Waals surface area contributed by atoms with E-state index < -0.39 is 28.5 Å². The van der Waals surface area contributed by atoms with Gasteiger partial charge in [-0.25, -0.2) is 4.79 Å². The Hall–Kier alpha value is -2.24. The summed E-state index contributed by atoms with van der Waals surface area (Å²) in [5.74, 6) is -0.301. The third-order valence-electron chi connectivity index (χ3n) is 4.24. The molecule has 2 bridgehead atoms. The van der Waals surface area contributed by atoms with Gasteiger partial charge in [0.25, 0.3) is 0 Å². The number of carbonyl (C=O) groups excluding carboxylic acids is 2. The molecule has 136 valence electrons. The van der Waals surface area contributed by atoms with Crippen molar-refractivity contribution >= 4 is 22.3 Å². The highest BCUT2D eigenvalue weighted by molar-refractivity contribution is 7.80. The van der Waals surface area contributed by atoms with Crippen LogP contribution in [0.5, 0.6) is 0 Å². The summed E-state index contributed by atoms with van der Waals surface area (Å²) >= 11 is 0. The van der Waals surface area contributed by atoms with E-state index in [4.69, 9.17) is 4.55 Å². The Labute approximate surface area is 144 Å². The van der Waals surface area contributed by atoms with Crippen LogP contribution in [-0.4, -0.2) is 65.0 Å². The molecule has 2 fully saturated rings. The fourth-order valence-electron chi connectivity index (χ4n) is 3.10. The van der Waals surface area contributed by atoms with Crippen LogP contribution < -0.4 is 5.32 Å². The van der Waals surface area contributed by atoms with Gasteiger partial charge >= 0.3 is 16.4 Å². The van der Waals surface area contributed by atoms with Crippen molar-refractivity contribution in [3.05, 3.63) is 30.1 Å². The lowest BCUT2D eigenvalue weighted by Gasteiger charge is -2.29. The summed E-state index contributed by atoms with van der Waals surface area (Å²) < 4.78 is 34.8. The first-order chi connectivity index (χ1) is 11.8. The zero-order valence-corrected chi connectivity index (χ0v) is 14.1. The standard InChI is InChI=1S/C14H18N4O6S/c19-13(16-7-5-10-2-1-6-15-8-10)12-4-3-11-9-17(12)14(20)18(11)24-25(21,22)23/h1-2,6,8,11-12H,3-5,7,9H2,(H,16,19)(H,21,22,23). The highest BCUT2D eigenvalue weighted by atomic mass is 32.3. The van der Waals surface area contributed by atoms with E-state index in [0.29, 0.717) is 30.9 Å². The molecule has 0 radical (unpaired) electrons. The Bertz CT molecular complexity index is 756. The molecule has 2 aliphatic rings. The molecule has 0 spiro atoms. The second-order valence-electron chi connectivity index (χ2n) is 5.91. The number of carbonyl (C=O) groups is 2. The third-order valence-corrected chi connectivity index (χ3v) is 4.58. The minimum atomic E-state index is -4.79. The molecule has 0 aliphatic carbocycles. The van der Waals surface area contributed by atoms with Crippen molar-refractivity contribution < 1.29 is 26.8 Å². The van der Waals surface area contributed by atoms with Gasteiger partial charge in [-0.1, -0.05) is 6.07 Å². The maximum absolute atomic E-state index is 12.4. The van der Waals surface area contributed by atoms with E-state index >= 15 is 0 Å². The summed E-state index contributed by atoms with van der Waals surface area (Å²) in [7, 11) is -4.79. The summed E-state index contributed by atoms with van der Waals surface area (Å²) in [5, 5.41) is 3.40. The maximum Gasteiger partial charge on any atom is 0.418 e. The minimum absolute atomic E-state index is 0.176. The smallest absolute Gasteiger partial charge is 0.354 e. The molecule has 0 aromatic carbocycles. The number of nitrogens with one attached hydrogen (secondary N) is 1. The molecular weight excluding hydrogens is 352 g/mol. The molecule has 0 saturated carbocycles. The van der Waals surface area contributed by atoms with Crippen molar-refractivity contribution in [1.82, 2.24) is 20.3 Å². The van der Waals surface area contributed by atoms with E-state index in [9.17, 15) is 18.0 Å². The number of hydrogen-bond acceptors (Lipinski definition) is 6. The lowest BCUT2D eigenvalue weighted by Crippen LogP contribution is -2.50. The molecular formula is C14H18N4O6S. The molecule has 2 atom stereocenters. The Kier molecular flexibility index (Phi) is 4.88.